The van der Waals surface area contributed by atoms with Gasteiger partial charge in [-0.05, 0) is 36.5 Å². The standard InChI is InChI=1S/C12H14O2/c13-11-5-1-3-9(7-11)10-4-2-6-12(14)8-10/h1,3,5,7,10,13H,2,4,6,8H2. The summed E-state index contributed by atoms with van der Waals surface area (Å²) < 4.78 is 0. The van der Waals surface area contributed by atoms with Crippen LogP contribution in [0.5, 0.6) is 5.75 Å². The van der Waals surface area contributed by atoms with E-state index >= 15 is 0 Å². The third-order valence-corrected chi connectivity index (χ3v) is 2.82. The van der Waals surface area contributed by atoms with Crippen LogP contribution in [0.15, 0.2) is 24.3 Å². The van der Waals surface area contributed by atoms with Crippen LogP contribution in [0.4, 0.5) is 0 Å². The fourth-order valence-electron chi connectivity index (χ4n) is 2.09. The van der Waals surface area contributed by atoms with Gasteiger partial charge in [-0.2, -0.15) is 0 Å². The molecule has 0 bridgehead atoms. The van der Waals surface area contributed by atoms with Crippen LogP contribution in [0.3, 0.4) is 0 Å². The number of benzene rings is 1. The number of ketones is 1. The van der Waals surface area contributed by atoms with Gasteiger partial charge >= 0.3 is 0 Å². The monoisotopic (exact) mass is 190 g/mol. The highest BCUT2D eigenvalue weighted by Gasteiger charge is 2.20. The minimum absolute atomic E-state index is 0.292. The molecule has 1 N–H and O–H groups in total. The zero-order chi connectivity index (χ0) is 9.97. The second-order valence-corrected chi connectivity index (χ2v) is 3.93. The summed E-state index contributed by atoms with van der Waals surface area (Å²) in [5, 5.41) is 9.32. The molecule has 1 unspecified atom stereocenters. The van der Waals surface area contributed by atoms with Crippen LogP contribution in [0.25, 0.3) is 0 Å². The van der Waals surface area contributed by atoms with Crippen molar-refractivity contribution >= 4 is 5.78 Å². The average molecular weight is 190 g/mol. The fraction of sp³-hybridized carbons (Fsp3) is 0.417. The number of rotatable bonds is 1. The molecule has 1 atom stereocenters. The summed E-state index contributed by atoms with van der Waals surface area (Å²) in [6.45, 7) is 0. The molecule has 0 aromatic heterocycles. The number of phenols is 1. The number of carbonyl (C=O) groups is 1. The quantitative estimate of drug-likeness (QED) is 0.739. The zero-order valence-electron chi connectivity index (χ0n) is 8.07. The molecule has 2 nitrogen and oxygen atoms in total. The molecule has 0 aliphatic heterocycles. The molecular weight excluding hydrogens is 176 g/mol. The van der Waals surface area contributed by atoms with Crippen molar-refractivity contribution in [3.05, 3.63) is 29.8 Å². The summed E-state index contributed by atoms with van der Waals surface area (Å²) in [6, 6.07) is 7.25. The molecule has 1 aliphatic carbocycles. The van der Waals surface area contributed by atoms with E-state index in [0.29, 0.717) is 23.9 Å². The van der Waals surface area contributed by atoms with E-state index in [1.54, 1.807) is 12.1 Å². The second-order valence-electron chi connectivity index (χ2n) is 3.93. The smallest absolute Gasteiger partial charge is 0.133 e. The average Bonchev–Trinajstić information content (AvgIpc) is 2.18. The van der Waals surface area contributed by atoms with Crippen molar-refractivity contribution in [3.8, 4) is 5.75 Å². The van der Waals surface area contributed by atoms with E-state index in [4.69, 9.17) is 0 Å². The molecule has 1 aromatic carbocycles. The number of hydrogen-bond donors (Lipinski definition) is 1. The summed E-state index contributed by atoms with van der Waals surface area (Å²) in [7, 11) is 0. The lowest BCUT2D eigenvalue weighted by molar-refractivity contribution is -0.120. The Labute approximate surface area is 83.6 Å². The van der Waals surface area contributed by atoms with Crippen molar-refractivity contribution in [2.24, 2.45) is 0 Å². The Bertz CT molecular complexity index is 344. The second kappa shape index (κ2) is 3.82. The van der Waals surface area contributed by atoms with Crippen molar-refractivity contribution in [1.82, 2.24) is 0 Å². The van der Waals surface area contributed by atoms with Crippen LogP contribution >= 0.6 is 0 Å². The Balaban J connectivity index is 2.17. The van der Waals surface area contributed by atoms with E-state index < -0.39 is 0 Å². The van der Waals surface area contributed by atoms with Crippen LogP contribution < -0.4 is 0 Å². The minimum atomic E-state index is 0.292. The molecule has 1 fully saturated rings. The summed E-state index contributed by atoms with van der Waals surface area (Å²) in [5.74, 6) is 0.966. The maximum absolute atomic E-state index is 11.3. The molecule has 0 radical (unpaired) electrons. The summed E-state index contributed by atoms with van der Waals surface area (Å²) >= 11 is 0. The first-order valence-electron chi connectivity index (χ1n) is 5.06. The Hall–Kier alpha value is -1.31. The largest absolute Gasteiger partial charge is 0.508 e. The van der Waals surface area contributed by atoms with Gasteiger partial charge in [0.25, 0.3) is 0 Å². The molecule has 1 saturated carbocycles. The normalized spacial score (nSPS) is 22.3. The number of Topliss-reactive ketones (excluding diaryl/α,β-unsaturated/α-hetero) is 1. The topological polar surface area (TPSA) is 37.3 Å². The van der Waals surface area contributed by atoms with Gasteiger partial charge in [0, 0.05) is 12.8 Å². The highest BCUT2D eigenvalue weighted by Crippen LogP contribution is 2.32. The molecule has 74 valence electrons. The maximum Gasteiger partial charge on any atom is 0.133 e. The van der Waals surface area contributed by atoms with Gasteiger partial charge in [0.15, 0.2) is 0 Å². The molecule has 0 saturated heterocycles. The molecule has 14 heavy (non-hydrogen) atoms. The van der Waals surface area contributed by atoms with Crippen LogP contribution in [0, 0.1) is 0 Å². The first-order chi connectivity index (χ1) is 6.75. The Morgan fingerprint density at radius 1 is 1.36 bits per heavy atom. The summed E-state index contributed by atoms with van der Waals surface area (Å²) in [5.41, 5.74) is 1.10. The van der Waals surface area contributed by atoms with Crippen molar-refractivity contribution in [3.63, 3.8) is 0 Å². The fourth-order valence-corrected chi connectivity index (χ4v) is 2.09. The van der Waals surface area contributed by atoms with E-state index in [9.17, 15) is 9.90 Å². The lowest BCUT2D eigenvalue weighted by atomic mass is 9.83. The molecular formula is C12H14O2. The molecule has 1 aliphatic rings. The first-order valence-corrected chi connectivity index (χ1v) is 5.06. The number of aromatic hydroxyl groups is 1. The number of carbonyl (C=O) groups excluding carboxylic acids is 1. The summed E-state index contributed by atoms with van der Waals surface area (Å²) in [6.07, 6.45) is 3.42. The molecule has 0 amide bonds. The lowest BCUT2D eigenvalue weighted by Crippen LogP contribution is -2.13. The SMILES string of the molecule is O=C1CCCC(c2cccc(O)c2)C1. The maximum atomic E-state index is 11.3. The zero-order valence-corrected chi connectivity index (χ0v) is 8.07. The molecule has 2 heteroatoms. The predicted molar refractivity (Wildman–Crippen MR) is 54.3 cm³/mol. The Kier molecular flexibility index (Phi) is 2.53. The van der Waals surface area contributed by atoms with Crippen LogP contribution in [0.2, 0.25) is 0 Å². The van der Waals surface area contributed by atoms with E-state index in [1.165, 1.54) is 0 Å². The lowest BCUT2D eigenvalue weighted by Gasteiger charge is -2.21. The number of phenolic OH excluding ortho intramolecular Hbond substituents is 1. The Morgan fingerprint density at radius 2 is 2.21 bits per heavy atom. The van der Waals surface area contributed by atoms with Crippen LogP contribution in [0.1, 0.15) is 37.2 Å². The van der Waals surface area contributed by atoms with Crippen molar-refractivity contribution in [1.29, 1.82) is 0 Å². The van der Waals surface area contributed by atoms with E-state index in [1.807, 2.05) is 12.1 Å². The van der Waals surface area contributed by atoms with Crippen molar-refractivity contribution in [2.75, 3.05) is 0 Å². The number of hydrogen-bond acceptors (Lipinski definition) is 2. The minimum Gasteiger partial charge on any atom is -0.508 e. The molecule has 0 heterocycles. The van der Waals surface area contributed by atoms with Gasteiger partial charge in [0.2, 0.25) is 0 Å². The third-order valence-electron chi connectivity index (χ3n) is 2.82. The van der Waals surface area contributed by atoms with Crippen molar-refractivity contribution < 1.29 is 9.90 Å². The van der Waals surface area contributed by atoms with Gasteiger partial charge < -0.3 is 5.11 Å². The van der Waals surface area contributed by atoms with E-state index in [0.717, 1.165) is 24.8 Å². The van der Waals surface area contributed by atoms with Gasteiger partial charge in [-0.1, -0.05) is 12.1 Å². The van der Waals surface area contributed by atoms with Crippen LogP contribution in [-0.4, -0.2) is 10.9 Å². The van der Waals surface area contributed by atoms with Crippen LogP contribution in [-0.2, 0) is 4.79 Å². The van der Waals surface area contributed by atoms with Crippen molar-refractivity contribution in [2.45, 2.75) is 31.6 Å². The van der Waals surface area contributed by atoms with Gasteiger partial charge in [-0.3, -0.25) is 4.79 Å². The Morgan fingerprint density at radius 3 is 2.93 bits per heavy atom. The van der Waals surface area contributed by atoms with Gasteiger partial charge in [-0.25, -0.2) is 0 Å². The predicted octanol–water partition coefficient (Wildman–Crippen LogP) is 2.62. The summed E-state index contributed by atoms with van der Waals surface area (Å²) in [4.78, 5) is 11.3. The third kappa shape index (κ3) is 1.95. The molecule has 2 rings (SSSR count). The molecule has 1 aromatic rings. The highest BCUT2D eigenvalue weighted by molar-refractivity contribution is 5.80. The first kappa shape index (κ1) is 9.25. The molecule has 0 spiro atoms. The van der Waals surface area contributed by atoms with Gasteiger partial charge in [0.1, 0.15) is 11.5 Å². The van der Waals surface area contributed by atoms with E-state index in [-0.39, 0.29) is 0 Å². The highest BCUT2D eigenvalue weighted by atomic mass is 16.3. The van der Waals surface area contributed by atoms with Gasteiger partial charge in [-0.15, -0.1) is 0 Å². The van der Waals surface area contributed by atoms with E-state index in [2.05, 4.69) is 0 Å². The van der Waals surface area contributed by atoms with Gasteiger partial charge in [0.05, 0.1) is 0 Å².